The summed E-state index contributed by atoms with van der Waals surface area (Å²) < 4.78 is 2.09. The van der Waals surface area contributed by atoms with Crippen molar-refractivity contribution in [3.63, 3.8) is 0 Å². The summed E-state index contributed by atoms with van der Waals surface area (Å²) in [6, 6.07) is -0.213. The topological polar surface area (TPSA) is 88.8 Å². The molecule has 9 heteroatoms. The van der Waals surface area contributed by atoms with E-state index in [1.165, 1.54) is 11.3 Å². The van der Waals surface area contributed by atoms with Crippen LogP contribution < -0.4 is 5.32 Å². The van der Waals surface area contributed by atoms with Crippen molar-refractivity contribution >= 4 is 22.5 Å². The lowest BCUT2D eigenvalue weighted by atomic mass is 10.4. The lowest BCUT2D eigenvalue weighted by Crippen LogP contribution is -2.31. The van der Waals surface area contributed by atoms with E-state index in [9.17, 15) is 4.79 Å². The van der Waals surface area contributed by atoms with Crippen LogP contribution in [0.5, 0.6) is 0 Å². The van der Waals surface area contributed by atoms with Gasteiger partial charge < -0.3 is 9.47 Å². The van der Waals surface area contributed by atoms with Gasteiger partial charge in [0.2, 0.25) is 5.13 Å². The largest absolute Gasteiger partial charge is 0.323 e. The highest BCUT2D eigenvalue weighted by Gasteiger charge is 2.20. The highest BCUT2D eigenvalue weighted by atomic mass is 32.1. The minimum Gasteiger partial charge on any atom is -0.320 e. The van der Waals surface area contributed by atoms with Gasteiger partial charge in [-0.3, -0.25) is 5.32 Å². The van der Waals surface area contributed by atoms with Crippen molar-refractivity contribution in [2.75, 3.05) is 12.4 Å². The van der Waals surface area contributed by atoms with E-state index in [1.807, 2.05) is 0 Å². The summed E-state index contributed by atoms with van der Waals surface area (Å²) >= 11 is 1.42. The van der Waals surface area contributed by atoms with Crippen LogP contribution in [0.15, 0.2) is 0 Å². The molecule has 2 amide bonds. The molecule has 0 atom stereocenters. The molecular weight excluding hydrogens is 302 g/mol. The highest BCUT2D eigenvalue weighted by Crippen LogP contribution is 2.18. The van der Waals surface area contributed by atoms with Crippen LogP contribution in [-0.2, 0) is 25.9 Å². The second kappa shape index (κ2) is 6.39. The van der Waals surface area contributed by atoms with Crippen molar-refractivity contribution < 1.29 is 4.79 Å². The first-order valence-corrected chi connectivity index (χ1v) is 8.24. The number of hydrogen-bond acceptors (Lipinski definition) is 6. The number of fused-ring (bicyclic) bond motifs is 1. The molecule has 0 unspecified atom stereocenters. The van der Waals surface area contributed by atoms with E-state index in [-0.39, 0.29) is 6.03 Å². The van der Waals surface area contributed by atoms with Gasteiger partial charge in [-0.2, -0.15) is 0 Å². The maximum atomic E-state index is 12.2. The molecule has 0 bridgehead atoms. The van der Waals surface area contributed by atoms with Crippen LogP contribution in [0.4, 0.5) is 9.93 Å². The second-order valence-electron chi connectivity index (χ2n) is 5.32. The average molecular weight is 321 g/mol. The van der Waals surface area contributed by atoms with Gasteiger partial charge in [-0.15, -0.1) is 20.4 Å². The Kier molecular flexibility index (Phi) is 4.32. The Bertz CT molecular complexity index is 665. The Hall–Kier alpha value is -2.03. The molecule has 0 spiro atoms. The summed E-state index contributed by atoms with van der Waals surface area (Å²) in [5, 5.41) is 20.6. The van der Waals surface area contributed by atoms with Crippen LogP contribution in [0.1, 0.15) is 36.4 Å². The molecule has 2 aromatic rings. The van der Waals surface area contributed by atoms with E-state index in [1.54, 1.807) is 11.9 Å². The number of urea groups is 1. The Labute approximate surface area is 132 Å². The summed E-state index contributed by atoms with van der Waals surface area (Å²) in [6.45, 7) is 3.45. The minimum atomic E-state index is -0.213. The maximum Gasteiger partial charge on any atom is 0.323 e. The summed E-state index contributed by atoms with van der Waals surface area (Å²) in [6.07, 6.45) is 3.96. The molecular formula is C13H19N7OS. The zero-order valence-corrected chi connectivity index (χ0v) is 13.6. The van der Waals surface area contributed by atoms with Crippen LogP contribution >= 0.6 is 11.3 Å². The molecule has 3 rings (SSSR count). The number of hydrogen-bond donors (Lipinski definition) is 1. The maximum absolute atomic E-state index is 12.2. The predicted molar refractivity (Wildman–Crippen MR) is 82.7 cm³/mol. The van der Waals surface area contributed by atoms with Gasteiger partial charge in [-0.25, -0.2) is 4.79 Å². The molecule has 2 aromatic heterocycles. The number of carbonyl (C=O) groups is 1. The molecule has 22 heavy (non-hydrogen) atoms. The Morgan fingerprint density at radius 2 is 2.23 bits per heavy atom. The van der Waals surface area contributed by atoms with Crippen molar-refractivity contribution in [2.24, 2.45) is 0 Å². The molecule has 0 saturated heterocycles. The fraction of sp³-hybridized carbons (Fsp3) is 0.615. The highest BCUT2D eigenvalue weighted by molar-refractivity contribution is 7.15. The summed E-state index contributed by atoms with van der Waals surface area (Å²) in [7, 11) is 1.74. The van der Waals surface area contributed by atoms with Gasteiger partial charge in [0.1, 0.15) is 10.8 Å². The van der Waals surface area contributed by atoms with E-state index >= 15 is 0 Å². The number of anilines is 1. The molecule has 0 aromatic carbocycles. The third-order valence-corrected chi connectivity index (χ3v) is 4.45. The SMILES string of the molecule is CCCc1nnc(NC(=O)N(C)Cc2nnc3n2CCC3)s1. The standard InChI is InChI=1S/C13H19N7OS/c1-3-5-11-17-18-12(22-11)14-13(21)19(2)8-10-16-15-9-6-4-7-20(9)10/h3-8H2,1-2H3,(H,14,18,21). The first-order valence-electron chi connectivity index (χ1n) is 7.43. The zero-order valence-electron chi connectivity index (χ0n) is 12.7. The third-order valence-electron chi connectivity index (χ3n) is 3.56. The number of carbonyl (C=O) groups excluding carboxylic acids is 1. The van der Waals surface area contributed by atoms with Gasteiger partial charge in [0.05, 0.1) is 6.54 Å². The first-order chi connectivity index (χ1) is 10.7. The quantitative estimate of drug-likeness (QED) is 0.905. The summed E-state index contributed by atoms with van der Waals surface area (Å²) in [5.74, 6) is 1.84. The molecule has 0 aliphatic carbocycles. The third kappa shape index (κ3) is 3.08. The van der Waals surface area contributed by atoms with Gasteiger partial charge >= 0.3 is 6.03 Å². The van der Waals surface area contributed by atoms with Crippen molar-refractivity contribution in [2.45, 2.75) is 45.7 Å². The van der Waals surface area contributed by atoms with Crippen LogP contribution in [0.25, 0.3) is 0 Å². The van der Waals surface area contributed by atoms with E-state index in [0.29, 0.717) is 11.7 Å². The van der Waals surface area contributed by atoms with Gasteiger partial charge in [0.15, 0.2) is 5.82 Å². The van der Waals surface area contributed by atoms with E-state index in [0.717, 1.165) is 48.9 Å². The van der Waals surface area contributed by atoms with Crippen LogP contribution in [0.2, 0.25) is 0 Å². The number of nitrogens with one attached hydrogen (secondary N) is 1. The summed E-state index contributed by atoms with van der Waals surface area (Å²) in [5.41, 5.74) is 0. The molecule has 0 fully saturated rings. The molecule has 0 radical (unpaired) electrons. The minimum absolute atomic E-state index is 0.213. The van der Waals surface area contributed by atoms with E-state index in [4.69, 9.17) is 0 Å². The zero-order chi connectivity index (χ0) is 15.5. The molecule has 8 nitrogen and oxygen atoms in total. The lowest BCUT2D eigenvalue weighted by molar-refractivity contribution is 0.219. The number of aryl methyl sites for hydroxylation is 2. The average Bonchev–Trinajstić information content (AvgIpc) is 3.18. The smallest absolute Gasteiger partial charge is 0.320 e. The van der Waals surface area contributed by atoms with Crippen LogP contribution in [0.3, 0.4) is 0 Å². The van der Waals surface area contributed by atoms with Gasteiger partial charge in [-0.05, 0) is 12.8 Å². The van der Waals surface area contributed by atoms with Gasteiger partial charge in [-0.1, -0.05) is 18.3 Å². The number of amides is 2. The molecule has 1 aliphatic rings. The molecule has 0 saturated carbocycles. The fourth-order valence-corrected chi connectivity index (χ4v) is 3.25. The van der Waals surface area contributed by atoms with Crippen molar-refractivity contribution in [3.8, 4) is 0 Å². The van der Waals surface area contributed by atoms with E-state index in [2.05, 4.69) is 37.2 Å². The Balaban J connectivity index is 1.59. The number of rotatable bonds is 5. The number of nitrogens with zero attached hydrogens (tertiary/aromatic N) is 6. The number of aromatic nitrogens is 5. The van der Waals surface area contributed by atoms with Gasteiger partial charge in [0.25, 0.3) is 0 Å². The Morgan fingerprint density at radius 1 is 1.36 bits per heavy atom. The Morgan fingerprint density at radius 3 is 3.05 bits per heavy atom. The molecule has 1 aliphatic heterocycles. The van der Waals surface area contributed by atoms with E-state index < -0.39 is 0 Å². The lowest BCUT2D eigenvalue weighted by Gasteiger charge is -2.16. The van der Waals surface area contributed by atoms with Crippen molar-refractivity contribution in [1.82, 2.24) is 29.9 Å². The molecule has 1 N–H and O–H groups in total. The monoisotopic (exact) mass is 321 g/mol. The van der Waals surface area contributed by atoms with Gasteiger partial charge in [0, 0.05) is 26.4 Å². The molecule has 118 valence electrons. The van der Waals surface area contributed by atoms with Crippen molar-refractivity contribution in [1.29, 1.82) is 0 Å². The molecule has 3 heterocycles. The first kappa shape index (κ1) is 14.9. The van der Waals surface area contributed by atoms with Crippen LogP contribution in [0, 0.1) is 0 Å². The summed E-state index contributed by atoms with van der Waals surface area (Å²) in [4.78, 5) is 13.8. The fourth-order valence-electron chi connectivity index (χ4n) is 2.42. The van der Waals surface area contributed by atoms with Crippen LogP contribution in [-0.4, -0.2) is 42.9 Å². The normalized spacial score (nSPS) is 13.2. The predicted octanol–water partition coefficient (Wildman–Crippen LogP) is 1.69. The second-order valence-corrected chi connectivity index (χ2v) is 6.39. The van der Waals surface area contributed by atoms with Crippen molar-refractivity contribution in [3.05, 3.63) is 16.7 Å².